The van der Waals surface area contributed by atoms with Gasteiger partial charge in [0.05, 0.1) is 34.7 Å². The molecule has 1 aliphatic carbocycles. The van der Waals surface area contributed by atoms with E-state index >= 15 is 0 Å². The number of nitriles is 3. The lowest BCUT2D eigenvalue weighted by molar-refractivity contribution is 0.145. The Hall–Kier alpha value is -2.87. The van der Waals surface area contributed by atoms with Crippen molar-refractivity contribution in [2.75, 3.05) is 0 Å². The molecule has 3 aliphatic rings. The molecule has 0 saturated heterocycles. The van der Waals surface area contributed by atoms with Gasteiger partial charge < -0.3 is 5.73 Å². The van der Waals surface area contributed by atoms with Crippen LogP contribution >= 0.6 is 0 Å². The number of allylic oxidation sites excluding steroid dienone is 2. The molecular weight excluding hydrogens is 264 g/mol. The van der Waals surface area contributed by atoms with Gasteiger partial charge in [0.15, 0.2) is 0 Å². The average Bonchev–Trinajstić information content (AvgIpc) is 2.38. The number of nitrogens with two attached hydrogens (primary N) is 1. The molecule has 2 bridgehead atoms. The first-order chi connectivity index (χ1) is 9.74. The summed E-state index contributed by atoms with van der Waals surface area (Å²) in [7, 11) is 0. The van der Waals surface area contributed by atoms with Gasteiger partial charge in [0.1, 0.15) is 17.1 Å². The van der Waals surface area contributed by atoms with Crippen molar-refractivity contribution in [2.45, 2.75) is 32.7 Å². The molecule has 0 aromatic rings. The summed E-state index contributed by atoms with van der Waals surface area (Å²) in [6.45, 7) is 5.49. The van der Waals surface area contributed by atoms with E-state index in [0.29, 0.717) is 6.42 Å². The first kappa shape index (κ1) is 14.5. The van der Waals surface area contributed by atoms with E-state index in [2.05, 4.69) is 17.1 Å². The Morgan fingerprint density at radius 2 is 1.90 bits per heavy atom. The van der Waals surface area contributed by atoms with Gasteiger partial charge >= 0.3 is 0 Å². The second-order valence-corrected chi connectivity index (χ2v) is 6.17. The lowest BCUT2D eigenvalue weighted by Gasteiger charge is -2.55. The molecule has 3 rings (SSSR count). The van der Waals surface area contributed by atoms with E-state index < -0.39 is 16.4 Å². The van der Waals surface area contributed by atoms with Crippen molar-refractivity contribution >= 4 is 11.6 Å². The second-order valence-electron chi connectivity index (χ2n) is 6.17. The highest BCUT2D eigenvalue weighted by Crippen LogP contribution is 2.60. The van der Waals surface area contributed by atoms with E-state index in [1.54, 1.807) is 6.92 Å². The molecule has 104 valence electrons. The largest absolute Gasteiger partial charge is 0.400 e. The van der Waals surface area contributed by atoms with Crippen molar-refractivity contribution in [3.8, 4) is 18.2 Å². The van der Waals surface area contributed by atoms with Gasteiger partial charge in [0.2, 0.25) is 0 Å². The SMILES string of the molecule is CC12CC(C)(C)C(C#N)(C(C(=C=N)C#N)=N1)C(N)=C2C#N. The summed E-state index contributed by atoms with van der Waals surface area (Å²) >= 11 is 0. The molecule has 6 nitrogen and oxygen atoms in total. The molecule has 0 aromatic carbocycles. The monoisotopic (exact) mass is 278 g/mol. The minimum atomic E-state index is -1.38. The van der Waals surface area contributed by atoms with Crippen LogP contribution in [0.1, 0.15) is 27.2 Å². The fourth-order valence-corrected chi connectivity index (χ4v) is 3.63. The summed E-state index contributed by atoms with van der Waals surface area (Å²) < 4.78 is 0. The summed E-state index contributed by atoms with van der Waals surface area (Å²) in [6, 6.07) is 6.07. The molecule has 6 heteroatoms. The topological polar surface area (TPSA) is 134 Å². The van der Waals surface area contributed by atoms with Gasteiger partial charge in [-0.3, -0.25) is 10.4 Å². The Balaban J connectivity index is 2.97. The predicted molar refractivity (Wildman–Crippen MR) is 76.0 cm³/mol. The van der Waals surface area contributed by atoms with Crippen molar-refractivity contribution < 1.29 is 0 Å². The third kappa shape index (κ3) is 1.44. The number of hydrogen-bond acceptors (Lipinski definition) is 6. The van der Waals surface area contributed by atoms with E-state index in [1.807, 2.05) is 25.8 Å². The quantitative estimate of drug-likeness (QED) is 0.556. The Morgan fingerprint density at radius 1 is 1.29 bits per heavy atom. The van der Waals surface area contributed by atoms with Gasteiger partial charge in [-0.1, -0.05) is 13.8 Å². The molecule has 3 N–H and O–H groups in total. The van der Waals surface area contributed by atoms with Gasteiger partial charge in [-0.15, -0.1) is 0 Å². The van der Waals surface area contributed by atoms with E-state index in [4.69, 9.17) is 11.1 Å². The molecule has 0 spiro atoms. The molecule has 2 unspecified atom stereocenters. The van der Waals surface area contributed by atoms with E-state index in [-0.39, 0.29) is 22.6 Å². The van der Waals surface area contributed by atoms with Crippen LogP contribution in [0.2, 0.25) is 0 Å². The van der Waals surface area contributed by atoms with Gasteiger partial charge in [-0.25, -0.2) is 0 Å². The third-order valence-corrected chi connectivity index (χ3v) is 4.48. The zero-order valence-corrected chi connectivity index (χ0v) is 12.1. The van der Waals surface area contributed by atoms with Crippen molar-refractivity contribution in [3.63, 3.8) is 0 Å². The molecule has 0 aromatic heterocycles. The van der Waals surface area contributed by atoms with Crippen LogP contribution in [0.25, 0.3) is 0 Å². The van der Waals surface area contributed by atoms with Crippen molar-refractivity contribution in [1.29, 1.82) is 21.2 Å². The molecule has 0 amide bonds. The molecule has 0 radical (unpaired) electrons. The van der Waals surface area contributed by atoms with Gasteiger partial charge in [-0.2, -0.15) is 15.8 Å². The zero-order chi connectivity index (χ0) is 16.1. The molecule has 2 aliphatic heterocycles. The van der Waals surface area contributed by atoms with Crippen LogP contribution in [0, 0.1) is 50.2 Å². The summed E-state index contributed by atoms with van der Waals surface area (Å²) in [5.74, 6) is 2.04. The number of rotatable bonds is 1. The molecule has 21 heavy (non-hydrogen) atoms. The Bertz CT molecular complexity index is 772. The average molecular weight is 278 g/mol. The zero-order valence-electron chi connectivity index (χ0n) is 12.1. The van der Waals surface area contributed by atoms with Gasteiger partial charge in [0, 0.05) is 0 Å². The number of nitrogens with zero attached hydrogens (tertiary/aromatic N) is 4. The maximum absolute atomic E-state index is 9.81. The van der Waals surface area contributed by atoms with Gasteiger partial charge in [0.25, 0.3) is 0 Å². The van der Waals surface area contributed by atoms with Crippen LogP contribution in [0.3, 0.4) is 0 Å². The lowest BCUT2D eigenvalue weighted by Crippen LogP contribution is -2.60. The van der Waals surface area contributed by atoms with Crippen LogP contribution < -0.4 is 5.73 Å². The van der Waals surface area contributed by atoms with Crippen LogP contribution in [-0.4, -0.2) is 17.1 Å². The fourth-order valence-electron chi connectivity index (χ4n) is 3.63. The number of hydrogen-bond donors (Lipinski definition) is 2. The summed E-state index contributed by atoms with van der Waals surface area (Å²) in [4.78, 5) is 4.46. The molecule has 2 heterocycles. The van der Waals surface area contributed by atoms with Crippen LogP contribution in [-0.2, 0) is 0 Å². The van der Waals surface area contributed by atoms with Gasteiger partial charge in [-0.05, 0) is 24.6 Å². The van der Waals surface area contributed by atoms with E-state index in [0.717, 1.165) is 0 Å². The Morgan fingerprint density at radius 3 is 2.33 bits per heavy atom. The predicted octanol–water partition coefficient (Wildman–Crippen LogP) is 1.57. The molecule has 0 fully saturated rings. The number of fused-ring (bicyclic) bond motifs is 1. The minimum Gasteiger partial charge on any atom is -0.400 e. The van der Waals surface area contributed by atoms with Crippen LogP contribution in [0.15, 0.2) is 21.8 Å². The summed E-state index contributed by atoms with van der Waals surface area (Å²) in [5.41, 5.74) is 3.73. The minimum absolute atomic E-state index is 0.115. The van der Waals surface area contributed by atoms with Crippen LogP contribution in [0.4, 0.5) is 0 Å². The van der Waals surface area contributed by atoms with Crippen molar-refractivity contribution in [2.24, 2.45) is 21.6 Å². The second kappa shape index (κ2) is 4.06. The molecule has 2 atom stereocenters. The Kier molecular flexibility index (Phi) is 2.81. The number of nitrogens with one attached hydrogen (secondary N) is 1. The van der Waals surface area contributed by atoms with Crippen LogP contribution in [0.5, 0.6) is 0 Å². The first-order valence-electron chi connectivity index (χ1n) is 6.36. The van der Waals surface area contributed by atoms with Crippen molar-refractivity contribution in [3.05, 3.63) is 16.8 Å². The first-order valence-corrected chi connectivity index (χ1v) is 6.36. The normalized spacial score (nSPS) is 32.3. The smallest absolute Gasteiger partial charge is 0.146 e. The van der Waals surface area contributed by atoms with E-state index in [1.165, 1.54) is 0 Å². The number of dihydropyridines is 1. The van der Waals surface area contributed by atoms with E-state index in [9.17, 15) is 15.8 Å². The third-order valence-electron chi connectivity index (χ3n) is 4.48. The van der Waals surface area contributed by atoms with Crippen molar-refractivity contribution in [1.82, 2.24) is 0 Å². The highest BCUT2D eigenvalue weighted by atomic mass is 15.0. The molecule has 0 saturated carbocycles. The maximum atomic E-state index is 9.81. The maximum Gasteiger partial charge on any atom is 0.146 e. The lowest BCUT2D eigenvalue weighted by atomic mass is 9.49. The highest BCUT2D eigenvalue weighted by Gasteiger charge is 2.64. The summed E-state index contributed by atoms with van der Waals surface area (Å²) in [6.07, 6.45) is 0.470. The number of aliphatic imine (C=N–C) groups is 1. The Labute approximate surface area is 123 Å². The summed E-state index contributed by atoms with van der Waals surface area (Å²) in [5, 5.41) is 35.7. The standard InChI is InChI=1S/C15H14N6/c1-13(2)7-14(3)10(6-18)11(20)15(13,8-19)12(21-14)9(4-16)5-17/h16H,7,20H2,1-3H3. The fraction of sp³-hybridized carbons (Fsp3) is 0.467. The molecular formula is C15H14N6. The highest BCUT2D eigenvalue weighted by molar-refractivity contribution is 6.17.